The third kappa shape index (κ3) is 2.66. The Morgan fingerprint density at radius 2 is 1.88 bits per heavy atom. The smallest absolute Gasteiger partial charge is 0.332 e. The van der Waals surface area contributed by atoms with E-state index in [0.717, 1.165) is 0 Å². The third-order valence-corrected chi connectivity index (χ3v) is 3.03. The summed E-state index contributed by atoms with van der Waals surface area (Å²) < 4.78 is 0.412. The number of hydrogen-bond acceptors (Lipinski definition) is 3. The minimum Gasteiger partial charge on any atom is -0.478 e. The van der Waals surface area contributed by atoms with Gasteiger partial charge in [0.25, 0.3) is 5.69 Å². The summed E-state index contributed by atoms with van der Waals surface area (Å²) in [7, 11) is 0. The fourth-order valence-corrected chi connectivity index (χ4v) is 1.47. The molecule has 84 valence electrons. The van der Waals surface area contributed by atoms with Gasteiger partial charge < -0.3 is 5.11 Å². The molecule has 1 aromatic rings. The van der Waals surface area contributed by atoms with Crippen molar-refractivity contribution in [1.29, 1.82) is 0 Å². The molecule has 0 radical (unpaired) electrons. The molecule has 0 fully saturated rings. The van der Waals surface area contributed by atoms with Crippen molar-refractivity contribution in [2.75, 3.05) is 0 Å². The van der Waals surface area contributed by atoms with Gasteiger partial charge in [0.15, 0.2) is 0 Å². The Kier molecular flexibility index (Phi) is 3.78. The molecule has 0 amide bonds. The van der Waals surface area contributed by atoms with E-state index < -0.39 is 10.9 Å². The summed E-state index contributed by atoms with van der Waals surface area (Å²) in [6.07, 6.45) is 0. The molecule has 6 heteroatoms. The van der Waals surface area contributed by atoms with E-state index >= 15 is 0 Å². The minimum absolute atomic E-state index is 0.0305. The number of carboxylic acid groups (broad SMARTS) is 1. The number of benzene rings is 1. The number of carbonyl (C=O) groups is 1. The monoisotopic (exact) mass is 285 g/mol. The van der Waals surface area contributed by atoms with Crippen LogP contribution in [0.25, 0.3) is 4.48 Å². The Morgan fingerprint density at radius 1 is 1.38 bits per heavy atom. The largest absolute Gasteiger partial charge is 0.478 e. The van der Waals surface area contributed by atoms with Crippen molar-refractivity contribution in [3.05, 3.63) is 45.5 Å². The van der Waals surface area contributed by atoms with E-state index in [2.05, 4.69) is 15.9 Å². The number of non-ortho nitro benzene ring substituents is 1. The Bertz CT molecular complexity index is 464. The van der Waals surface area contributed by atoms with Crippen LogP contribution in [0.15, 0.2) is 29.8 Å². The molecule has 0 aliphatic rings. The van der Waals surface area contributed by atoms with Crippen molar-refractivity contribution >= 4 is 32.1 Å². The first-order valence-electron chi connectivity index (χ1n) is 4.28. The minimum atomic E-state index is -1.04. The van der Waals surface area contributed by atoms with Crippen LogP contribution in [-0.2, 0) is 4.79 Å². The third-order valence-electron chi connectivity index (χ3n) is 1.98. The van der Waals surface area contributed by atoms with Crippen LogP contribution >= 0.6 is 15.9 Å². The van der Waals surface area contributed by atoms with Crippen molar-refractivity contribution in [2.45, 2.75) is 6.92 Å². The maximum atomic E-state index is 10.7. The summed E-state index contributed by atoms with van der Waals surface area (Å²) in [6.45, 7) is 1.45. The fraction of sp³-hybridized carbons (Fsp3) is 0.100. The van der Waals surface area contributed by atoms with Crippen molar-refractivity contribution in [1.82, 2.24) is 0 Å². The maximum Gasteiger partial charge on any atom is 0.332 e. The predicted molar refractivity (Wildman–Crippen MR) is 62.3 cm³/mol. The van der Waals surface area contributed by atoms with Crippen molar-refractivity contribution < 1.29 is 14.8 Å². The predicted octanol–water partition coefficient (Wildman–Crippen LogP) is 2.81. The SMILES string of the molecule is CC(C(=O)O)=C(Br)c1ccc([N+](=O)[O-])cc1. The lowest BCUT2D eigenvalue weighted by molar-refractivity contribution is -0.384. The molecular formula is C10H8BrNO4. The second-order valence-corrected chi connectivity index (χ2v) is 3.84. The number of carboxylic acids is 1. The van der Waals surface area contributed by atoms with Crippen LogP contribution in [0.2, 0.25) is 0 Å². The molecule has 0 unspecified atom stereocenters. The highest BCUT2D eigenvalue weighted by atomic mass is 79.9. The molecule has 1 N–H and O–H groups in total. The summed E-state index contributed by atoms with van der Waals surface area (Å²) in [6, 6.07) is 5.64. The number of aliphatic carboxylic acids is 1. The second kappa shape index (κ2) is 4.89. The molecule has 1 aromatic carbocycles. The quantitative estimate of drug-likeness (QED) is 0.526. The second-order valence-electron chi connectivity index (χ2n) is 3.05. The maximum absolute atomic E-state index is 10.7. The number of nitro benzene ring substituents is 1. The molecule has 0 spiro atoms. The van der Waals surface area contributed by atoms with E-state index in [0.29, 0.717) is 10.0 Å². The van der Waals surface area contributed by atoms with E-state index in [9.17, 15) is 14.9 Å². The molecule has 16 heavy (non-hydrogen) atoms. The highest BCUT2D eigenvalue weighted by molar-refractivity contribution is 9.15. The summed E-state index contributed by atoms with van der Waals surface area (Å²) in [4.78, 5) is 20.6. The van der Waals surface area contributed by atoms with Crippen LogP contribution in [-0.4, -0.2) is 16.0 Å². The molecule has 0 saturated carbocycles. The van der Waals surface area contributed by atoms with Gasteiger partial charge in [-0.2, -0.15) is 0 Å². The first-order chi connectivity index (χ1) is 7.43. The van der Waals surface area contributed by atoms with Gasteiger partial charge in [-0.15, -0.1) is 0 Å². The van der Waals surface area contributed by atoms with Gasteiger partial charge >= 0.3 is 5.97 Å². The van der Waals surface area contributed by atoms with Gasteiger partial charge in [-0.05, 0) is 40.5 Å². The highest BCUT2D eigenvalue weighted by Gasteiger charge is 2.10. The van der Waals surface area contributed by atoms with E-state index in [1.807, 2.05) is 0 Å². The van der Waals surface area contributed by atoms with Gasteiger partial charge in [0.1, 0.15) is 0 Å². The summed E-state index contributed by atoms with van der Waals surface area (Å²) in [5, 5.41) is 19.2. The van der Waals surface area contributed by atoms with Crippen molar-refractivity contribution in [3.8, 4) is 0 Å². The number of rotatable bonds is 3. The summed E-state index contributed by atoms with van der Waals surface area (Å²) in [5.41, 5.74) is 0.705. The van der Waals surface area contributed by atoms with E-state index in [4.69, 9.17) is 5.11 Å². The molecule has 0 aliphatic heterocycles. The van der Waals surface area contributed by atoms with Gasteiger partial charge in [0.05, 0.1) is 4.92 Å². The molecule has 0 bridgehead atoms. The van der Waals surface area contributed by atoms with E-state index in [1.54, 1.807) is 0 Å². The molecule has 0 saturated heterocycles. The van der Waals surface area contributed by atoms with Crippen LogP contribution in [0.3, 0.4) is 0 Å². The Morgan fingerprint density at radius 3 is 2.25 bits per heavy atom. The standard InChI is InChI=1S/C10H8BrNO4/c1-6(10(13)14)9(11)7-2-4-8(5-3-7)12(15)16/h2-5H,1H3,(H,13,14). The lowest BCUT2D eigenvalue weighted by Gasteiger charge is -2.02. The number of nitrogens with zero attached hydrogens (tertiary/aromatic N) is 1. The van der Waals surface area contributed by atoms with Gasteiger partial charge in [-0.25, -0.2) is 4.79 Å². The van der Waals surface area contributed by atoms with Crippen molar-refractivity contribution in [3.63, 3.8) is 0 Å². The van der Waals surface area contributed by atoms with Gasteiger partial charge in [-0.1, -0.05) is 0 Å². The van der Waals surface area contributed by atoms with E-state index in [1.165, 1.54) is 31.2 Å². The molecule has 1 rings (SSSR count). The topological polar surface area (TPSA) is 80.4 Å². The molecule has 0 heterocycles. The average Bonchev–Trinajstić information content (AvgIpc) is 2.27. The van der Waals surface area contributed by atoms with Crippen LogP contribution in [0, 0.1) is 10.1 Å². The molecule has 5 nitrogen and oxygen atoms in total. The van der Waals surface area contributed by atoms with Crippen LogP contribution in [0.5, 0.6) is 0 Å². The van der Waals surface area contributed by atoms with Crippen LogP contribution in [0.1, 0.15) is 12.5 Å². The van der Waals surface area contributed by atoms with Crippen molar-refractivity contribution in [2.24, 2.45) is 0 Å². The zero-order valence-electron chi connectivity index (χ0n) is 8.31. The number of hydrogen-bond donors (Lipinski definition) is 1. The molecule has 0 aromatic heterocycles. The van der Waals surface area contributed by atoms with Gasteiger partial charge in [-0.3, -0.25) is 10.1 Å². The van der Waals surface area contributed by atoms with E-state index in [-0.39, 0.29) is 11.3 Å². The number of nitro groups is 1. The van der Waals surface area contributed by atoms with Gasteiger partial charge in [0.2, 0.25) is 0 Å². The van der Waals surface area contributed by atoms with Crippen LogP contribution < -0.4 is 0 Å². The fourth-order valence-electron chi connectivity index (χ4n) is 1.04. The lowest BCUT2D eigenvalue weighted by atomic mass is 10.1. The Hall–Kier alpha value is -1.69. The molecule has 0 atom stereocenters. The Labute approximate surface area is 99.7 Å². The normalized spacial score (nSPS) is 11.9. The summed E-state index contributed by atoms with van der Waals surface area (Å²) >= 11 is 3.14. The number of halogens is 1. The molecule has 0 aliphatic carbocycles. The average molecular weight is 286 g/mol. The first kappa shape index (κ1) is 12.4. The van der Waals surface area contributed by atoms with Gasteiger partial charge in [0, 0.05) is 22.2 Å². The zero-order valence-corrected chi connectivity index (χ0v) is 9.89. The van der Waals surface area contributed by atoms with Crippen LogP contribution in [0.4, 0.5) is 5.69 Å². The molecular weight excluding hydrogens is 278 g/mol. The highest BCUT2D eigenvalue weighted by Crippen LogP contribution is 2.26. The summed E-state index contributed by atoms with van der Waals surface area (Å²) in [5.74, 6) is -1.04. The zero-order chi connectivity index (χ0) is 12.3. The first-order valence-corrected chi connectivity index (χ1v) is 5.07. The Balaban J connectivity index is 3.12. The lowest BCUT2D eigenvalue weighted by Crippen LogP contribution is -1.98.